The average molecular weight is 614 g/mol. The van der Waals surface area contributed by atoms with Gasteiger partial charge in [-0.15, -0.1) is 5.10 Å². The van der Waals surface area contributed by atoms with Crippen LogP contribution in [0.4, 0.5) is 5.82 Å². The van der Waals surface area contributed by atoms with E-state index in [0.717, 1.165) is 31.4 Å². The van der Waals surface area contributed by atoms with Crippen molar-refractivity contribution in [3.8, 4) is 17.3 Å². The van der Waals surface area contributed by atoms with Gasteiger partial charge in [-0.25, -0.2) is 10.1 Å². The van der Waals surface area contributed by atoms with E-state index >= 15 is 0 Å². The summed E-state index contributed by atoms with van der Waals surface area (Å²) in [5.41, 5.74) is 10.6. The zero-order valence-corrected chi connectivity index (χ0v) is 24.5. The molecule has 1 aliphatic rings. The monoisotopic (exact) mass is 613 g/mol. The summed E-state index contributed by atoms with van der Waals surface area (Å²) in [5.74, 6) is 0.680. The molecule has 2 aromatic heterocycles. The lowest BCUT2D eigenvalue weighted by molar-refractivity contribution is 0.0945. The number of piperidine rings is 1. The molecular weight excluding hydrogens is 585 g/mol. The van der Waals surface area contributed by atoms with Gasteiger partial charge in [-0.3, -0.25) is 9.69 Å². The fourth-order valence-electron chi connectivity index (χ4n) is 4.61. The predicted molar refractivity (Wildman–Crippen MR) is 156 cm³/mol. The Balaban J connectivity index is 1.29. The fraction of sp³-hybridized carbons (Fsp3) is 0.333. The Kier molecular flexibility index (Phi) is 9.20. The predicted octanol–water partition coefficient (Wildman–Crippen LogP) is 4.27. The molecule has 4 aromatic rings. The number of aromatic nitrogens is 5. The van der Waals surface area contributed by atoms with Crippen molar-refractivity contribution >= 4 is 41.1 Å². The highest BCUT2D eigenvalue weighted by Gasteiger charge is 2.28. The number of nitrogens with one attached hydrogen (secondary N) is 1. The summed E-state index contributed by atoms with van der Waals surface area (Å²) in [4.78, 5) is 15.4. The van der Waals surface area contributed by atoms with Gasteiger partial charge in [-0.05, 0) is 78.1 Å². The van der Waals surface area contributed by atoms with Crippen LogP contribution >= 0.6 is 23.2 Å². The lowest BCUT2D eigenvalue weighted by atomic mass is 10.0. The lowest BCUT2D eigenvalue weighted by Crippen LogP contribution is -2.38. The molecule has 42 heavy (non-hydrogen) atoms. The number of likely N-dealkylation sites (tertiary alicyclic amines) is 1. The van der Waals surface area contributed by atoms with Gasteiger partial charge >= 0.3 is 0 Å². The Morgan fingerprint density at radius 1 is 1.19 bits per heavy atom. The van der Waals surface area contributed by atoms with Gasteiger partial charge in [0.25, 0.3) is 5.91 Å². The molecule has 1 saturated heterocycles. The number of anilines is 1. The van der Waals surface area contributed by atoms with Gasteiger partial charge in [0.15, 0.2) is 17.2 Å². The first kappa shape index (κ1) is 29.3. The largest absolute Gasteiger partial charge is 0.493 e. The third-order valence-electron chi connectivity index (χ3n) is 6.91. The molecule has 5 rings (SSSR count). The van der Waals surface area contributed by atoms with Crippen LogP contribution in [0.2, 0.25) is 10.0 Å². The Labute approximate surface area is 251 Å². The molecule has 2 aromatic carbocycles. The summed E-state index contributed by atoms with van der Waals surface area (Å²) in [7, 11) is 1.54. The molecule has 1 aliphatic heterocycles. The van der Waals surface area contributed by atoms with Crippen LogP contribution in [0, 0.1) is 0 Å². The van der Waals surface area contributed by atoms with Gasteiger partial charge in [0.2, 0.25) is 11.6 Å². The first-order valence-electron chi connectivity index (χ1n) is 13.2. The molecule has 0 saturated carbocycles. The number of ether oxygens (including phenoxy) is 2. The fourth-order valence-corrected chi connectivity index (χ4v) is 4.93. The van der Waals surface area contributed by atoms with E-state index in [1.807, 2.05) is 6.07 Å². The highest BCUT2D eigenvalue weighted by atomic mass is 35.5. The van der Waals surface area contributed by atoms with Crippen molar-refractivity contribution in [2.75, 3.05) is 19.4 Å². The smallest absolute Gasteiger partial charge is 0.293 e. The summed E-state index contributed by atoms with van der Waals surface area (Å²) in [5, 5.41) is 20.7. The average Bonchev–Trinajstić information content (AvgIpc) is 3.60. The number of carbonyl (C=O) groups excluding carboxylic acids is 1. The molecule has 13 nitrogen and oxygen atoms in total. The zero-order chi connectivity index (χ0) is 29.6. The summed E-state index contributed by atoms with van der Waals surface area (Å²) < 4.78 is 17.5. The van der Waals surface area contributed by atoms with E-state index < -0.39 is 5.91 Å². The third-order valence-corrected chi connectivity index (χ3v) is 7.65. The number of benzene rings is 2. The van der Waals surface area contributed by atoms with Crippen LogP contribution in [0.5, 0.6) is 11.5 Å². The summed E-state index contributed by atoms with van der Waals surface area (Å²) >= 11 is 12.1. The van der Waals surface area contributed by atoms with E-state index in [2.05, 4.69) is 43.0 Å². The van der Waals surface area contributed by atoms with Crippen molar-refractivity contribution in [2.24, 2.45) is 5.10 Å². The molecule has 0 aliphatic carbocycles. The molecule has 3 N–H and O–H groups in total. The molecule has 3 heterocycles. The number of methoxy groups -OCH3 is 1. The standard InChI is InChI=1S/C27H29Cl2N9O4/c1-16-5-3-4-10-37(16)14-21-24(32-36-38(21)26-25(30)34-42-35-26)27(39)33-31-13-17-7-9-22(23(12-17)40-2)41-15-18-6-8-19(28)20(29)11-18/h6-9,11-13,16H,3-5,10,14-15H2,1-2H3,(H2,30,34)(H,33,39)/b31-13-. The minimum absolute atomic E-state index is 0.0381. The minimum atomic E-state index is -0.541. The van der Waals surface area contributed by atoms with Gasteiger partial charge < -0.3 is 15.2 Å². The third kappa shape index (κ3) is 6.64. The van der Waals surface area contributed by atoms with Crippen molar-refractivity contribution in [1.82, 2.24) is 35.6 Å². The molecule has 0 bridgehead atoms. The van der Waals surface area contributed by atoms with E-state index in [9.17, 15) is 4.79 Å². The van der Waals surface area contributed by atoms with Gasteiger partial charge in [-0.1, -0.05) is 40.9 Å². The van der Waals surface area contributed by atoms with E-state index in [4.69, 9.17) is 43.0 Å². The number of hydrogen-bond acceptors (Lipinski definition) is 11. The highest BCUT2D eigenvalue weighted by Crippen LogP contribution is 2.29. The molecular formula is C27H29Cl2N9O4. The Morgan fingerprint density at radius 2 is 2.05 bits per heavy atom. The van der Waals surface area contributed by atoms with Crippen molar-refractivity contribution in [3.05, 3.63) is 69.0 Å². The van der Waals surface area contributed by atoms with Gasteiger partial charge in [0.05, 0.1) is 29.1 Å². The van der Waals surface area contributed by atoms with Crippen molar-refractivity contribution in [2.45, 2.75) is 45.4 Å². The molecule has 1 atom stereocenters. The molecule has 0 spiro atoms. The molecule has 220 valence electrons. The maximum atomic E-state index is 13.2. The lowest BCUT2D eigenvalue weighted by Gasteiger charge is -2.33. The van der Waals surface area contributed by atoms with Crippen molar-refractivity contribution in [3.63, 3.8) is 0 Å². The van der Waals surface area contributed by atoms with Gasteiger partial charge in [0.1, 0.15) is 6.61 Å². The number of hydrazone groups is 1. The first-order valence-corrected chi connectivity index (χ1v) is 13.9. The van der Waals surface area contributed by atoms with Crippen molar-refractivity contribution < 1.29 is 18.9 Å². The van der Waals surface area contributed by atoms with Crippen LogP contribution < -0.4 is 20.6 Å². The quantitative estimate of drug-likeness (QED) is 0.195. The number of carbonyl (C=O) groups is 1. The maximum Gasteiger partial charge on any atom is 0.293 e. The second-order valence-electron chi connectivity index (χ2n) is 9.73. The number of hydrogen-bond donors (Lipinski definition) is 2. The van der Waals surface area contributed by atoms with Crippen LogP contribution in [0.1, 0.15) is 53.5 Å². The van der Waals surface area contributed by atoms with E-state index in [1.54, 1.807) is 30.3 Å². The molecule has 0 radical (unpaired) electrons. The van der Waals surface area contributed by atoms with E-state index in [0.29, 0.717) is 45.4 Å². The van der Waals surface area contributed by atoms with Crippen LogP contribution in [0.15, 0.2) is 46.1 Å². The Hall–Kier alpha value is -4.20. The topological polar surface area (TPSA) is 159 Å². The Bertz CT molecular complexity index is 1590. The van der Waals surface area contributed by atoms with Gasteiger partial charge in [0, 0.05) is 12.6 Å². The summed E-state index contributed by atoms with van der Waals surface area (Å²) in [6.07, 6.45) is 4.77. The van der Waals surface area contributed by atoms with E-state index in [1.165, 1.54) is 18.0 Å². The Morgan fingerprint density at radius 3 is 2.79 bits per heavy atom. The number of nitrogens with two attached hydrogens (primary N) is 1. The normalized spacial score (nSPS) is 15.7. The summed E-state index contributed by atoms with van der Waals surface area (Å²) in [6.45, 7) is 3.72. The number of halogens is 2. The molecule has 1 unspecified atom stereocenters. The van der Waals surface area contributed by atoms with Gasteiger partial charge in [-0.2, -0.15) is 9.78 Å². The maximum absolute atomic E-state index is 13.2. The van der Waals surface area contributed by atoms with Crippen LogP contribution in [0.25, 0.3) is 5.82 Å². The summed E-state index contributed by atoms with van der Waals surface area (Å²) in [6, 6.07) is 10.9. The van der Waals surface area contributed by atoms with Crippen LogP contribution in [0.3, 0.4) is 0 Å². The number of nitrogens with zero attached hydrogens (tertiary/aromatic N) is 7. The van der Waals surface area contributed by atoms with Crippen molar-refractivity contribution in [1.29, 1.82) is 0 Å². The highest BCUT2D eigenvalue weighted by molar-refractivity contribution is 6.42. The molecule has 1 amide bonds. The first-order chi connectivity index (χ1) is 20.3. The SMILES string of the molecule is COc1cc(/C=N\NC(=O)c2nnn(-c3nonc3N)c2CN2CCCCC2C)ccc1OCc1ccc(Cl)c(Cl)c1. The zero-order valence-electron chi connectivity index (χ0n) is 23.0. The van der Waals surface area contributed by atoms with E-state index in [-0.39, 0.29) is 23.9 Å². The molecule has 1 fully saturated rings. The number of nitrogen functional groups attached to an aromatic ring is 1. The second-order valence-corrected chi connectivity index (χ2v) is 10.5. The van der Waals surface area contributed by atoms with Crippen LogP contribution in [-0.2, 0) is 13.2 Å². The van der Waals surface area contributed by atoms with Crippen LogP contribution in [-0.4, -0.2) is 62.0 Å². The number of amides is 1. The second kappa shape index (κ2) is 13.2. The number of rotatable bonds is 10. The minimum Gasteiger partial charge on any atom is -0.493 e. The molecule has 15 heteroatoms.